The van der Waals surface area contributed by atoms with Crippen molar-refractivity contribution in [1.82, 2.24) is 15.1 Å². The van der Waals surface area contributed by atoms with Crippen LogP contribution >= 0.6 is 0 Å². The lowest BCUT2D eigenvalue weighted by Gasteiger charge is -2.14. The molecule has 2 rings (SSSR count). The molecular formula is C16H24N4. The lowest BCUT2D eigenvalue weighted by atomic mass is 9.99. The van der Waals surface area contributed by atoms with Gasteiger partial charge in [-0.25, -0.2) is 0 Å². The van der Waals surface area contributed by atoms with Crippen LogP contribution in [-0.2, 0) is 6.54 Å². The molecule has 0 aliphatic carbocycles. The fourth-order valence-electron chi connectivity index (χ4n) is 2.29. The summed E-state index contributed by atoms with van der Waals surface area (Å²) in [5.41, 5.74) is 10.4. The molecule has 2 aromatic rings. The van der Waals surface area contributed by atoms with Crippen LogP contribution in [0.1, 0.15) is 31.0 Å². The van der Waals surface area contributed by atoms with Crippen molar-refractivity contribution in [3.8, 4) is 11.1 Å². The van der Waals surface area contributed by atoms with Gasteiger partial charge in [0.05, 0.1) is 5.69 Å². The number of benzene rings is 1. The summed E-state index contributed by atoms with van der Waals surface area (Å²) in [7, 11) is 2.06. The molecule has 0 aliphatic heterocycles. The lowest BCUT2D eigenvalue weighted by Crippen LogP contribution is -2.25. The molecule has 0 bridgehead atoms. The Bertz CT molecular complexity index is 528. The Kier molecular flexibility index (Phi) is 4.93. The van der Waals surface area contributed by atoms with Gasteiger partial charge < -0.3 is 5.73 Å². The first-order valence-electron chi connectivity index (χ1n) is 7.13. The van der Waals surface area contributed by atoms with Gasteiger partial charge in [0.2, 0.25) is 0 Å². The third kappa shape index (κ3) is 3.46. The minimum atomic E-state index is 0.559. The maximum absolute atomic E-state index is 5.58. The van der Waals surface area contributed by atoms with E-state index in [1.54, 1.807) is 0 Å². The number of nitrogens with zero attached hydrogens (tertiary/aromatic N) is 2. The number of H-pyrrole nitrogens is 1. The molecule has 20 heavy (non-hydrogen) atoms. The van der Waals surface area contributed by atoms with Crippen LogP contribution < -0.4 is 5.73 Å². The predicted molar refractivity (Wildman–Crippen MR) is 83.5 cm³/mol. The fourth-order valence-corrected chi connectivity index (χ4v) is 2.29. The van der Waals surface area contributed by atoms with Gasteiger partial charge >= 0.3 is 0 Å². The molecule has 4 heteroatoms. The second-order valence-corrected chi connectivity index (χ2v) is 5.55. The zero-order valence-corrected chi connectivity index (χ0v) is 12.6. The molecule has 4 nitrogen and oxygen atoms in total. The van der Waals surface area contributed by atoms with E-state index in [2.05, 4.69) is 60.3 Å². The van der Waals surface area contributed by atoms with E-state index in [-0.39, 0.29) is 0 Å². The molecule has 0 atom stereocenters. The van der Waals surface area contributed by atoms with Gasteiger partial charge in [0, 0.05) is 31.4 Å². The first-order chi connectivity index (χ1) is 9.61. The number of hydrogen-bond acceptors (Lipinski definition) is 3. The highest BCUT2D eigenvalue weighted by atomic mass is 15.2. The molecule has 3 N–H and O–H groups in total. The molecule has 0 unspecified atom stereocenters. The maximum Gasteiger partial charge on any atom is 0.0840 e. The van der Waals surface area contributed by atoms with Crippen molar-refractivity contribution in [3.05, 3.63) is 41.7 Å². The molecule has 1 aromatic carbocycles. The number of aromatic nitrogens is 2. The molecule has 1 aromatic heterocycles. The first kappa shape index (κ1) is 14.8. The average Bonchev–Trinajstić information content (AvgIpc) is 2.87. The Morgan fingerprint density at radius 2 is 1.95 bits per heavy atom. The highest BCUT2D eigenvalue weighted by Crippen LogP contribution is 2.25. The van der Waals surface area contributed by atoms with E-state index in [4.69, 9.17) is 5.73 Å². The fraction of sp³-hybridized carbons (Fsp3) is 0.438. The van der Waals surface area contributed by atoms with Crippen molar-refractivity contribution in [2.45, 2.75) is 26.3 Å². The quantitative estimate of drug-likeness (QED) is 0.850. The van der Waals surface area contributed by atoms with Crippen LogP contribution in [0.4, 0.5) is 0 Å². The highest BCUT2D eigenvalue weighted by Gasteiger charge is 2.10. The third-order valence-corrected chi connectivity index (χ3v) is 3.54. The zero-order valence-electron chi connectivity index (χ0n) is 12.6. The van der Waals surface area contributed by atoms with E-state index in [0.717, 1.165) is 18.8 Å². The van der Waals surface area contributed by atoms with Crippen molar-refractivity contribution in [1.29, 1.82) is 0 Å². The number of rotatable bonds is 6. The number of hydrogen-bond donors (Lipinski definition) is 2. The van der Waals surface area contributed by atoms with E-state index in [1.807, 2.05) is 6.20 Å². The lowest BCUT2D eigenvalue weighted by molar-refractivity contribution is 0.332. The Balaban J connectivity index is 2.18. The summed E-state index contributed by atoms with van der Waals surface area (Å²) >= 11 is 0. The monoisotopic (exact) mass is 272 g/mol. The van der Waals surface area contributed by atoms with Gasteiger partial charge in [0.25, 0.3) is 0 Å². The SMILES string of the molecule is CC(C)c1ccc(-c2c[nH]nc2CN(C)CCN)cc1. The zero-order chi connectivity index (χ0) is 14.5. The van der Waals surface area contributed by atoms with Crippen LogP contribution in [0.3, 0.4) is 0 Å². The van der Waals surface area contributed by atoms with E-state index in [0.29, 0.717) is 12.5 Å². The van der Waals surface area contributed by atoms with Crippen LogP contribution in [0.5, 0.6) is 0 Å². The van der Waals surface area contributed by atoms with Crippen molar-refractivity contribution in [2.24, 2.45) is 5.73 Å². The molecule has 0 amide bonds. The van der Waals surface area contributed by atoms with Gasteiger partial charge in [0.15, 0.2) is 0 Å². The number of aromatic amines is 1. The Hall–Kier alpha value is -1.65. The van der Waals surface area contributed by atoms with E-state index in [1.165, 1.54) is 16.7 Å². The molecule has 0 spiro atoms. The van der Waals surface area contributed by atoms with Crippen molar-refractivity contribution in [2.75, 3.05) is 20.1 Å². The summed E-state index contributed by atoms with van der Waals surface area (Å²) in [6, 6.07) is 8.74. The van der Waals surface area contributed by atoms with Gasteiger partial charge in [-0.3, -0.25) is 10.00 Å². The van der Waals surface area contributed by atoms with E-state index < -0.39 is 0 Å². The first-order valence-corrected chi connectivity index (χ1v) is 7.13. The second kappa shape index (κ2) is 6.68. The van der Waals surface area contributed by atoms with Gasteiger partial charge in [-0.1, -0.05) is 38.1 Å². The van der Waals surface area contributed by atoms with E-state index >= 15 is 0 Å². The molecule has 0 saturated carbocycles. The number of nitrogens with one attached hydrogen (secondary N) is 1. The molecule has 108 valence electrons. The summed E-state index contributed by atoms with van der Waals surface area (Å²) in [4.78, 5) is 2.18. The van der Waals surface area contributed by atoms with Crippen molar-refractivity contribution >= 4 is 0 Å². The van der Waals surface area contributed by atoms with Gasteiger partial charge in [-0.2, -0.15) is 5.10 Å². The van der Waals surface area contributed by atoms with Crippen LogP contribution in [0.2, 0.25) is 0 Å². The average molecular weight is 272 g/mol. The van der Waals surface area contributed by atoms with Crippen LogP contribution in [-0.4, -0.2) is 35.2 Å². The molecule has 0 saturated heterocycles. The highest BCUT2D eigenvalue weighted by molar-refractivity contribution is 5.65. The van der Waals surface area contributed by atoms with E-state index in [9.17, 15) is 0 Å². The summed E-state index contributed by atoms with van der Waals surface area (Å²) in [6.45, 7) is 6.76. The van der Waals surface area contributed by atoms with Crippen molar-refractivity contribution < 1.29 is 0 Å². The third-order valence-electron chi connectivity index (χ3n) is 3.54. The summed E-state index contributed by atoms with van der Waals surface area (Å²) < 4.78 is 0. The maximum atomic E-state index is 5.58. The smallest absolute Gasteiger partial charge is 0.0840 e. The van der Waals surface area contributed by atoms with Crippen LogP contribution in [0.25, 0.3) is 11.1 Å². The Morgan fingerprint density at radius 1 is 1.25 bits per heavy atom. The standard InChI is InChI=1S/C16H24N4/c1-12(2)13-4-6-14(7-5-13)15-10-18-19-16(15)11-20(3)9-8-17/h4-7,10,12H,8-9,11,17H2,1-3H3,(H,18,19). The van der Waals surface area contributed by atoms with Gasteiger partial charge in [0.1, 0.15) is 0 Å². The minimum absolute atomic E-state index is 0.559. The molecular weight excluding hydrogens is 248 g/mol. The van der Waals surface area contributed by atoms with Gasteiger partial charge in [-0.15, -0.1) is 0 Å². The van der Waals surface area contributed by atoms with Crippen LogP contribution in [0.15, 0.2) is 30.5 Å². The van der Waals surface area contributed by atoms with Crippen molar-refractivity contribution in [3.63, 3.8) is 0 Å². The minimum Gasteiger partial charge on any atom is -0.329 e. The largest absolute Gasteiger partial charge is 0.329 e. The summed E-state index contributed by atoms with van der Waals surface area (Å²) in [5, 5.41) is 7.34. The molecule has 0 radical (unpaired) electrons. The van der Waals surface area contributed by atoms with Crippen LogP contribution in [0, 0.1) is 0 Å². The second-order valence-electron chi connectivity index (χ2n) is 5.55. The molecule has 0 fully saturated rings. The predicted octanol–water partition coefficient (Wildman–Crippen LogP) is 2.59. The molecule has 0 aliphatic rings. The van der Waals surface area contributed by atoms with Gasteiger partial charge in [-0.05, 0) is 24.1 Å². The Morgan fingerprint density at radius 3 is 2.55 bits per heavy atom. The molecule has 1 heterocycles. The summed E-state index contributed by atoms with van der Waals surface area (Å²) in [5.74, 6) is 0.559. The number of nitrogens with two attached hydrogens (primary N) is 1. The topological polar surface area (TPSA) is 57.9 Å². The normalized spacial score (nSPS) is 11.5. The Labute approximate surface area is 121 Å². The summed E-state index contributed by atoms with van der Waals surface area (Å²) in [6.07, 6.45) is 1.97. The number of likely N-dealkylation sites (N-methyl/N-ethyl adjacent to an activating group) is 1.